The lowest BCUT2D eigenvalue weighted by Gasteiger charge is -2.31. The van der Waals surface area contributed by atoms with E-state index in [1.807, 2.05) is 0 Å². The lowest BCUT2D eigenvalue weighted by atomic mass is 10.0. The summed E-state index contributed by atoms with van der Waals surface area (Å²) in [5.74, 6) is -6.10. The monoisotopic (exact) mass is 822 g/mol. The number of ether oxygens (including phenoxy) is 10. The topological polar surface area (TPSA) is 232 Å². The van der Waals surface area contributed by atoms with Gasteiger partial charge in [0, 0.05) is 27.7 Å². The first-order chi connectivity index (χ1) is 28.2. The normalized spacial score (nSPS) is 24.4. The highest BCUT2D eigenvalue weighted by Crippen LogP contribution is 2.36. The highest BCUT2D eigenvalue weighted by molar-refractivity contribution is 5.91. The van der Waals surface area contributed by atoms with Crippen LogP contribution in [0.5, 0.6) is 0 Å². The van der Waals surface area contributed by atoms with Gasteiger partial charge in [-0.05, 0) is 36.4 Å². The van der Waals surface area contributed by atoms with E-state index in [0.29, 0.717) is 0 Å². The highest BCUT2D eigenvalue weighted by atomic mass is 16.8. The minimum Gasteiger partial charge on any atom is -0.462 e. The van der Waals surface area contributed by atoms with Crippen molar-refractivity contribution < 1.29 is 86.0 Å². The zero-order chi connectivity index (χ0) is 42.6. The van der Waals surface area contributed by atoms with Crippen LogP contribution in [0.3, 0.4) is 0 Å². The number of aliphatic hydroxyl groups excluding tert-OH is 1. The molecular formula is C41H42O18. The molecule has 10 atom stereocenters. The summed E-state index contributed by atoms with van der Waals surface area (Å²) in [5, 5.41) is 11.3. The molecule has 0 bridgehead atoms. The van der Waals surface area contributed by atoms with E-state index >= 15 is 0 Å². The summed E-state index contributed by atoms with van der Waals surface area (Å²) in [5.41, 5.74) is 0.280. The lowest BCUT2D eigenvalue weighted by molar-refractivity contribution is -0.244. The molecule has 5 rings (SSSR count). The van der Waals surface area contributed by atoms with Crippen molar-refractivity contribution in [1.82, 2.24) is 0 Å². The molecular weight excluding hydrogens is 780 g/mol. The van der Waals surface area contributed by atoms with Crippen LogP contribution in [-0.4, -0.2) is 122 Å². The van der Waals surface area contributed by atoms with Gasteiger partial charge in [-0.1, -0.05) is 54.6 Å². The van der Waals surface area contributed by atoms with Crippen molar-refractivity contribution in [1.29, 1.82) is 0 Å². The molecule has 2 saturated heterocycles. The molecule has 0 aliphatic carbocycles. The number of benzene rings is 3. The number of hydrogen-bond acceptors (Lipinski definition) is 18. The highest BCUT2D eigenvalue weighted by Gasteiger charge is 2.58. The van der Waals surface area contributed by atoms with E-state index < -0.39 is 116 Å². The maximum absolute atomic E-state index is 13.6. The molecule has 3 aromatic rings. The summed E-state index contributed by atoms with van der Waals surface area (Å²) in [7, 11) is 0. The molecule has 0 radical (unpaired) electrons. The van der Waals surface area contributed by atoms with Crippen molar-refractivity contribution in [3.63, 3.8) is 0 Å². The second kappa shape index (κ2) is 20.5. The third kappa shape index (κ3) is 11.9. The summed E-state index contributed by atoms with van der Waals surface area (Å²) < 4.78 is 57.0. The van der Waals surface area contributed by atoms with E-state index in [1.54, 1.807) is 54.6 Å². The van der Waals surface area contributed by atoms with E-state index in [4.69, 9.17) is 47.4 Å². The smallest absolute Gasteiger partial charge is 0.338 e. The fourth-order valence-corrected chi connectivity index (χ4v) is 6.26. The van der Waals surface area contributed by atoms with E-state index in [1.165, 1.54) is 36.4 Å². The second-order valence-electron chi connectivity index (χ2n) is 13.2. The maximum atomic E-state index is 13.6. The van der Waals surface area contributed by atoms with Crippen LogP contribution in [0.1, 0.15) is 58.8 Å². The first-order valence-corrected chi connectivity index (χ1v) is 18.3. The van der Waals surface area contributed by atoms with Crippen LogP contribution in [0.15, 0.2) is 91.0 Å². The van der Waals surface area contributed by atoms with Gasteiger partial charge in [0.1, 0.15) is 31.5 Å². The van der Waals surface area contributed by atoms with Gasteiger partial charge in [0.25, 0.3) is 0 Å². The minimum atomic E-state index is -1.97. The average Bonchev–Trinajstić information content (AvgIpc) is 3.69. The number of hydrogen-bond donors (Lipinski definition) is 1. The van der Waals surface area contributed by atoms with Crippen LogP contribution in [-0.2, 0) is 66.5 Å². The Hall–Kier alpha value is -6.21. The van der Waals surface area contributed by atoms with Crippen molar-refractivity contribution in [3.05, 3.63) is 108 Å². The molecule has 0 aromatic heterocycles. The Morgan fingerprint density at radius 1 is 0.508 bits per heavy atom. The van der Waals surface area contributed by atoms with Crippen molar-refractivity contribution in [3.8, 4) is 0 Å². The number of rotatable bonds is 16. The number of aliphatic hydroxyl groups is 1. The van der Waals surface area contributed by atoms with Gasteiger partial charge in [-0.2, -0.15) is 0 Å². The van der Waals surface area contributed by atoms with Crippen LogP contribution in [0, 0.1) is 0 Å². The van der Waals surface area contributed by atoms with E-state index in [0.717, 1.165) is 27.7 Å². The van der Waals surface area contributed by atoms with Gasteiger partial charge in [0.15, 0.2) is 43.1 Å². The van der Waals surface area contributed by atoms with Crippen LogP contribution < -0.4 is 0 Å². The quantitative estimate of drug-likeness (QED) is 0.161. The van der Waals surface area contributed by atoms with Crippen LogP contribution in [0.25, 0.3) is 0 Å². The molecule has 0 amide bonds. The van der Waals surface area contributed by atoms with Gasteiger partial charge >= 0.3 is 41.8 Å². The van der Waals surface area contributed by atoms with Gasteiger partial charge < -0.3 is 52.5 Å². The summed E-state index contributed by atoms with van der Waals surface area (Å²) in [6.07, 6.45) is -16.6. The van der Waals surface area contributed by atoms with Crippen LogP contribution in [0.2, 0.25) is 0 Å². The SMILES string of the molecule is CC(=O)OC[C@@H](OC(C)=O)[C@@H]1O[C@@H](O[C@H](COC(=O)c2ccccc2)[C@@H]2O[C@@H](O)[C@H](OC(=O)c3ccccc3)[C@H]2OC(=O)c2ccccc2)[C@H](OC(C)=O)[C@H]1OC(C)=O. The van der Waals surface area contributed by atoms with Crippen LogP contribution >= 0.6 is 0 Å². The van der Waals surface area contributed by atoms with Crippen molar-refractivity contribution >= 4 is 41.8 Å². The van der Waals surface area contributed by atoms with Gasteiger partial charge in [-0.15, -0.1) is 0 Å². The Labute approximate surface area is 337 Å². The average molecular weight is 823 g/mol. The van der Waals surface area contributed by atoms with Gasteiger partial charge in [-0.3, -0.25) is 19.2 Å². The lowest BCUT2D eigenvalue weighted by Crippen LogP contribution is -2.50. The van der Waals surface area contributed by atoms with E-state index in [9.17, 15) is 38.7 Å². The van der Waals surface area contributed by atoms with Crippen molar-refractivity contribution in [2.45, 2.75) is 89.1 Å². The predicted octanol–water partition coefficient (Wildman–Crippen LogP) is 2.48. The molecule has 59 heavy (non-hydrogen) atoms. The molecule has 2 fully saturated rings. The zero-order valence-corrected chi connectivity index (χ0v) is 32.2. The molecule has 0 unspecified atom stereocenters. The van der Waals surface area contributed by atoms with Crippen molar-refractivity contribution in [2.24, 2.45) is 0 Å². The second-order valence-corrected chi connectivity index (χ2v) is 13.2. The van der Waals surface area contributed by atoms with Crippen molar-refractivity contribution in [2.75, 3.05) is 13.2 Å². The number of carbonyl (C=O) groups is 7. The Balaban J connectivity index is 1.55. The summed E-state index contributed by atoms with van der Waals surface area (Å²) in [6, 6.07) is 23.2. The third-order valence-corrected chi connectivity index (χ3v) is 8.74. The molecule has 0 saturated carbocycles. The number of carbonyl (C=O) groups excluding carboxylic acids is 7. The first kappa shape index (κ1) is 43.9. The van der Waals surface area contributed by atoms with E-state index in [-0.39, 0.29) is 16.7 Å². The molecule has 2 aliphatic rings. The molecule has 1 N–H and O–H groups in total. The zero-order valence-electron chi connectivity index (χ0n) is 32.2. The fraction of sp³-hybridized carbons (Fsp3) is 0.390. The minimum absolute atomic E-state index is 0.0687. The van der Waals surface area contributed by atoms with Gasteiger partial charge in [0.2, 0.25) is 0 Å². The molecule has 314 valence electrons. The third-order valence-electron chi connectivity index (χ3n) is 8.74. The molecule has 3 aromatic carbocycles. The molecule has 18 nitrogen and oxygen atoms in total. The summed E-state index contributed by atoms with van der Waals surface area (Å²) >= 11 is 0. The summed E-state index contributed by atoms with van der Waals surface area (Å²) in [6.45, 7) is 2.91. The standard InChI is InChI=1S/C41H42O18/c1-22(42)50-20-29(52-23(2)43)32-34(53-24(3)44)36(54-25(4)45)41(59-32)55-30(21-51-37(46)26-14-8-5-9-15-26)31-33(57-38(47)27-16-10-6-11-17-27)35(40(49)56-31)58-39(48)28-18-12-7-13-19-28/h5-19,29-36,40-41,49H,20-21H2,1-4H3/t29-,30-,31+,32+,33+,34+,35-,36-,40-,41-/m1/s1. The van der Waals surface area contributed by atoms with Gasteiger partial charge in [0.05, 0.1) is 16.7 Å². The Bertz CT molecular complexity index is 1940. The predicted molar refractivity (Wildman–Crippen MR) is 196 cm³/mol. The Morgan fingerprint density at radius 3 is 1.44 bits per heavy atom. The molecule has 2 heterocycles. The first-order valence-electron chi connectivity index (χ1n) is 18.3. The van der Waals surface area contributed by atoms with Crippen LogP contribution in [0.4, 0.5) is 0 Å². The number of esters is 7. The summed E-state index contributed by atoms with van der Waals surface area (Å²) in [4.78, 5) is 89.0. The Morgan fingerprint density at radius 2 is 0.949 bits per heavy atom. The molecule has 0 spiro atoms. The molecule has 18 heteroatoms. The van der Waals surface area contributed by atoms with E-state index in [2.05, 4.69) is 0 Å². The van der Waals surface area contributed by atoms with Gasteiger partial charge in [-0.25, -0.2) is 14.4 Å². The maximum Gasteiger partial charge on any atom is 0.338 e. The fourth-order valence-electron chi connectivity index (χ4n) is 6.26. The Kier molecular flexibility index (Phi) is 15.2. The molecule has 2 aliphatic heterocycles. The largest absolute Gasteiger partial charge is 0.462 e.